The quantitative estimate of drug-likeness (QED) is 0.549. The number of carbonyl (C=O) groups excluding carboxylic acids is 1. The molecule has 5 heterocycles. The highest BCUT2D eigenvalue weighted by Crippen LogP contribution is 2.26. The Bertz CT molecular complexity index is 1070. The van der Waals surface area contributed by atoms with E-state index in [9.17, 15) is 4.79 Å². The fourth-order valence-corrected chi connectivity index (χ4v) is 4.23. The zero-order valence-corrected chi connectivity index (χ0v) is 15.4. The molecule has 1 amide bonds. The lowest BCUT2D eigenvalue weighted by atomic mass is 10.0. The van der Waals surface area contributed by atoms with Crippen LogP contribution in [0.1, 0.15) is 29.4 Å². The molecule has 4 aromatic heterocycles. The van der Waals surface area contributed by atoms with E-state index in [1.165, 1.54) is 0 Å². The maximum Gasteiger partial charge on any atom is 0.272 e. The first kappa shape index (κ1) is 16.2. The Kier molecular flexibility index (Phi) is 3.97. The van der Waals surface area contributed by atoms with Gasteiger partial charge in [0.05, 0.1) is 18.4 Å². The van der Waals surface area contributed by atoms with Crippen LogP contribution in [0.15, 0.2) is 53.6 Å². The summed E-state index contributed by atoms with van der Waals surface area (Å²) in [7, 11) is 0. The molecule has 0 bridgehead atoms. The van der Waals surface area contributed by atoms with Gasteiger partial charge in [0.1, 0.15) is 17.0 Å². The topological polar surface area (TPSA) is 68.3 Å². The van der Waals surface area contributed by atoms with Crippen LogP contribution in [0.3, 0.4) is 0 Å². The molecule has 1 aliphatic rings. The standard InChI is InChI=1S/C19H18N6OS/c26-19(17-11-20-18-3-1-2-7-24(17)18)23-8-4-15(5-9-23)25-12-16(21-22-25)14-6-10-27-13-14/h1-3,6-7,10-13,15H,4-5,8-9H2. The Labute approximate surface area is 159 Å². The highest BCUT2D eigenvalue weighted by molar-refractivity contribution is 7.08. The average Bonchev–Trinajstić information content (AvgIpc) is 3.47. The summed E-state index contributed by atoms with van der Waals surface area (Å²) in [5.41, 5.74) is 3.41. The van der Waals surface area contributed by atoms with Crippen molar-refractivity contribution >= 4 is 22.9 Å². The first-order chi connectivity index (χ1) is 13.3. The smallest absolute Gasteiger partial charge is 0.272 e. The van der Waals surface area contributed by atoms with E-state index in [4.69, 9.17) is 0 Å². The number of nitrogens with zero attached hydrogens (tertiary/aromatic N) is 6. The summed E-state index contributed by atoms with van der Waals surface area (Å²) in [6, 6.07) is 8.06. The summed E-state index contributed by atoms with van der Waals surface area (Å²) < 4.78 is 3.79. The first-order valence-corrected chi connectivity index (χ1v) is 9.89. The molecule has 1 fully saturated rings. The van der Waals surface area contributed by atoms with Gasteiger partial charge in [0.2, 0.25) is 0 Å². The van der Waals surface area contributed by atoms with E-state index < -0.39 is 0 Å². The van der Waals surface area contributed by atoms with Gasteiger partial charge in [0.15, 0.2) is 0 Å². The Morgan fingerprint density at radius 3 is 2.89 bits per heavy atom. The van der Waals surface area contributed by atoms with Gasteiger partial charge in [0.25, 0.3) is 5.91 Å². The summed E-state index contributed by atoms with van der Waals surface area (Å²) >= 11 is 1.65. The summed E-state index contributed by atoms with van der Waals surface area (Å²) in [6.07, 6.45) is 7.29. The molecule has 136 valence electrons. The first-order valence-electron chi connectivity index (χ1n) is 8.95. The molecule has 0 atom stereocenters. The highest BCUT2D eigenvalue weighted by atomic mass is 32.1. The minimum Gasteiger partial charge on any atom is -0.337 e. The molecule has 5 rings (SSSR count). The Balaban J connectivity index is 1.28. The molecule has 0 unspecified atom stereocenters. The Hall–Kier alpha value is -3.00. The number of aromatic nitrogens is 5. The van der Waals surface area contributed by atoms with Crippen LogP contribution >= 0.6 is 11.3 Å². The van der Waals surface area contributed by atoms with Crippen molar-refractivity contribution in [3.05, 3.63) is 59.3 Å². The third-order valence-corrected chi connectivity index (χ3v) is 5.77. The number of fused-ring (bicyclic) bond motifs is 1. The van der Waals surface area contributed by atoms with Crippen molar-refractivity contribution in [2.24, 2.45) is 0 Å². The second-order valence-electron chi connectivity index (χ2n) is 6.69. The van der Waals surface area contributed by atoms with Crippen molar-refractivity contribution in [1.29, 1.82) is 0 Å². The number of imidazole rings is 1. The second-order valence-corrected chi connectivity index (χ2v) is 7.47. The SMILES string of the molecule is O=C(c1cnc2ccccn12)N1CCC(n2cc(-c3ccsc3)nn2)CC1. The van der Waals surface area contributed by atoms with Crippen molar-refractivity contribution in [1.82, 2.24) is 29.3 Å². The van der Waals surface area contributed by atoms with E-state index in [1.807, 2.05) is 50.0 Å². The number of pyridine rings is 1. The van der Waals surface area contributed by atoms with Gasteiger partial charge in [-0.05, 0) is 36.4 Å². The number of hydrogen-bond donors (Lipinski definition) is 0. The van der Waals surface area contributed by atoms with E-state index in [2.05, 4.69) is 26.7 Å². The number of likely N-dealkylation sites (tertiary alicyclic amines) is 1. The van der Waals surface area contributed by atoms with Gasteiger partial charge < -0.3 is 4.90 Å². The van der Waals surface area contributed by atoms with Crippen LogP contribution in [0.5, 0.6) is 0 Å². The Morgan fingerprint density at radius 2 is 2.07 bits per heavy atom. The molecule has 0 N–H and O–H groups in total. The molecule has 1 aliphatic heterocycles. The van der Waals surface area contributed by atoms with E-state index in [-0.39, 0.29) is 11.9 Å². The van der Waals surface area contributed by atoms with Crippen molar-refractivity contribution in [2.75, 3.05) is 13.1 Å². The van der Waals surface area contributed by atoms with E-state index in [1.54, 1.807) is 17.5 Å². The second kappa shape index (κ2) is 6.62. The highest BCUT2D eigenvalue weighted by Gasteiger charge is 2.27. The fraction of sp³-hybridized carbons (Fsp3) is 0.263. The number of carbonyl (C=O) groups is 1. The van der Waals surface area contributed by atoms with E-state index in [0.29, 0.717) is 18.8 Å². The predicted molar refractivity (Wildman–Crippen MR) is 103 cm³/mol. The number of amides is 1. The monoisotopic (exact) mass is 378 g/mol. The lowest BCUT2D eigenvalue weighted by Gasteiger charge is -2.31. The van der Waals surface area contributed by atoms with Gasteiger partial charge in [-0.25, -0.2) is 9.67 Å². The molecule has 1 saturated heterocycles. The minimum atomic E-state index is 0.0321. The van der Waals surface area contributed by atoms with Crippen molar-refractivity contribution in [3.8, 4) is 11.3 Å². The summed E-state index contributed by atoms with van der Waals surface area (Å²) in [5.74, 6) is 0.0321. The van der Waals surface area contributed by atoms with Crippen LogP contribution in [0, 0.1) is 0 Å². The fourth-order valence-electron chi connectivity index (χ4n) is 3.58. The molecule has 0 radical (unpaired) electrons. The minimum absolute atomic E-state index is 0.0321. The largest absolute Gasteiger partial charge is 0.337 e. The Morgan fingerprint density at radius 1 is 1.19 bits per heavy atom. The van der Waals surface area contributed by atoms with Gasteiger partial charge in [-0.3, -0.25) is 9.20 Å². The van der Waals surface area contributed by atoms with Crippen molar-refractivity contribution < 1.29 is 4.79 Å². The molecule has 27 heavy (non-hydrogen) atoms. The molecular formula is C19H18N6OS. The molecule has 7 nitrogen and oxygen atoms in total. The van der Waals surface area contributed by atoms with Crippen LogP contribution in [-0.4, -0.2) is 48.3 Å². The lowest BCUT2D eigenvalue weighted by Crippen LogP contribution is -2.39. The van der Waals surface area contributed by atoms with Gasteiger partial charge >= 0.3 is 0 Å². The number of piperidine rings is 1. The third kappa shape index (κ3) is 2.91. The van der Waals surface area contributed by atoms with Gasteiger partial charge in [0, 0.05) is 30.2 Å². The zero-order chi connectivity index (χ0) is 18.2. The summed E-state index contributed by atoms with van der Waals surface area (Å²) in [6.45, 7) is 1.41. The van der Waals surface area contributed by atoms with Crippen molar-refractivity contribution in [3.63, 3.8) is 0 Å². The van der Waals surface area contributed by atoms with Crippen LogP contribution in [0.4, 0.5) is 0 Å². The zero-order valence-electron chi connectivity index (χ0n) is 14.6. The molecule has 0 spiro atoms. The number of hydrogen-bond acceptors (Lipinski definition) is 5. The average molecular weight is 378 g/mol. The van der Waals surface area contributed by atoms with E-state index in [0.717, 1.165) is 29.7 Å². The molecule has 0 saturated carbocycles. The molecular weight excluding hydrogens is 360 g/mol. The lowest BCUT2D eigenvalue weighted by molar-refractivity contribution is 0.0682. The van der Waals surface area contributed by atoms with Crippen LogP contribution in [0.25, 0.3) is 16.9 Å². The molecule has 0 aromatic carbocycles. The third-order valence-electron chi connectivity index (χ3n) is 5.09. The van der Waals surface area contributed by atoms with Crippen molar-refractivity contribution in [2.45, 2.75) is 18.9 Å². The number of rotatable bonds is 3. The summed E-state index contributed by atoms with van der Waals surface area (Å²) in [4.78, 5) is 19.1. The van der Waals surface area contributed by atoms with Crippen LogP contribution in [-0.2, 0) is 0 Å². The van der Waals surface area contributed by atoms with Gasteiger partial charge in [-0.2, -0.15) is 11.3 Å². The number of thiophene rings is 1. The van der Waals surface area contributed by atoms with Crippen LogP contribution in [0.2, 0.25) is 0 Å². The predicted octanol–water partition coefficient (Wildman–Crippen LogP) is 3.13. The molecule has 4 aromatic rings. The molecule has 8 heteroatoms. The summed E-state index contributed by atoms with van der Waals surface area (Å²) in [5, 5.41) is 12.7. The molecule has 0 aliphatic carbocycles. The van der Waals surface area contributed by atoms with Gasteiger partial charge in [-0.1, -0.05) is 11.3 Å². The normalized spacial score (nSPS) is 15.5. The van der Waals surface area contributed by atoms with Gasteiger partial charge in [-0.15, -0.1) is 5.10 Å². The van der Waals surface area contributed by atoms with E-state index >= 15 is 0 Å². The van der Waals surface area contributed by atoms with Crippen LogP contribution < -0.4 is 0 Å². The maximum atomic E-state index is 12.9. The maximum absolute atomic E-state index is 12.9.